The van der Waals surface area contributed by atoms with Crippen molar-refractivity contribution in [1.82, 2.24) is 20.3 Å². The first kappa shape index (κ1) is 12.9. The maximum atomic E-state index is 12.1. The predicted molar refractivity (Wildman–Crippen MR) is 73.7 cm³/mol. The van der Waals surface area contributed by atoms with Crippen LogP contribution in [0.4, 0.5) is 5.13 Å². The minimum atomic E-state index is -0.338. The number of ketones is 1. The van der Waals surface area contributed by atoms with E-state index in [0.717, 1.165) is 11.4 Å². The summed E-state index contributed by atoms with van der Waals surface area (Å²) in [7, 11) is 0. The molecule has 0 saturated carbocycles. The van der Waals surface area contributed by atoms with E-state index in [-0.39, 0.29) is 17.7 Å². The number of aromatic nitrogens is 3. The molecule has 0 radical (unpaired) electrons. The summed E-state index contributed by atoms with van der Waals surface area (Å²) < 4.78 is 0. The van der Waals surface area contributed by atoms with Crippen LogP contribution in [0.15, 0.2) is 11.7 Å². The average Bonchev–Trinajstić information content (AvgIpc) is 3.05. The number of thiazole rings is 1. The Hall–Kier alpha value is -2.06. The topological polar surface area (TPSA) is 99.8 Å². The maximum Gasteiger partial charge on any atom is 0.243 e. The van der Waals surface area contributed by atoms with E-state index < -0.39 is 0 Å². The summed E-state index contributed by atoms with van der Waals surface area (Å²) in [5, 5.41) is 7.94. The summed E-state index contributed by atoms with van der Waals surface area (Å²) in [6.07, 6.45) is 2.17. The molecular formula is C12H13N5O2S. The SMILES string of the molecule is CC(=O)c1csc(NC(=O)C2Cc3nc[nH]c3CN2)n1. The van der Waals surface area contributed by atoms with Gasteiger partial charge in [-0.25, -0.2) is 9.97 Å². The van der Waals surface area contributed by atoms with Gasteiger partial charge in [0, 0.05) is 25.3 Å². The van der Waals surface area contributed by atoms with Gasteiger partial charge in [-0.05, 0) is 0 Å². The highest BCUT2D eigenvalue weighted by molar-refractivity contribution is 7.14. The summed E-state index contributed by atoms with van der Waals surface area (Å²) >= 11 is 1.24. The van der Waals surface area contributed by atoms with Crippen molar-refractivity contribution in [1.29, 1.82) is 0 Å². The van der Waals surface area contributed by atoms with Gasteiger partial charge in [-0.2, -0.15) is 0 Å². The number of rotatable bonds is 3. The molecule has 0 fully saturated rings. The lowest BCUT2D eigenvalue weighted by molar-refractivity contribution is -0.118. The van der Waals surface area contributed by atoms with Gasteiger partial charge in [0.05, 0.1) is 23.8 Å². The molecule has 1 aliphatic heterocycles. The first-order chi connectivity index (χ1) is 9.63. The van der Waals surface area contributed by atoms with Crippen LogP contribution in [-0.2, 0) is 17.8 Å². The number of aromatic amines is 1. The van der Waals surface area contributed by atoms with E-state index in [1.165, 1.54) is 18.3 Å². The van der Waals surface area contributed by atoms with Crippen LogP contribution in [0, 0.1) is 0 Å². The van der Waals surface area contributed by atoms with Crippen LogP contribution in [0.1, 0.15) is 28.8 Å². The lowest BCUT2D eigenvalue weighted by Crippen LogP contribution is -2.44. The van der Waals surface area contributed by atoms with Crippen LogP contribution >= 0.6 is 11.3 Å². The molecule has 8 heteroatoms. The molecule has 0 spiro atoms. The zero-order valence-corrected chi connectivity index (χ0v) is 11.6. The fourth-order valence-corrected chi connectivity index (χ4v) is 2.79. The highest BCUT2D eigenvalue weighted by Crippen LogP contribution is 2.18. The zero-order chi connectivity index (χ0) is 14.1. The number of amides is 1. The minimum absolute atomic E-state index is 0.112. The van der Waals surface area contributed by atoms with Gasteiger partial charge >= 0.3 is 0 Å². The van der Waals surface area contributed by atoms with Crippen LogP contribution < -0.4 is 10.6 Å². The number of anilines is 1. The lowest BCUT2D eigenvalue weighted by atomic mass is 10.1. The number of nitrogens with one attached hydrogen (secondary N) is 3. The summed E-state index contributed by atoms with van der Waals surface area (Å²) in [6.45, 7) is 2.03. The molecule has 2 aromatic heterocycles. The Balaban J connectivity index is 1.66. The maximum absolute atomic E-state index is 12.1. The Labute approximate surface area is 118 Å². The second-order valence-corrected chi connectivity index (χ2v) is 5.41. The number of nitrogens with zero attached hydrogens (tertiary/aromatic N) is 2. The van der Waals surface area contributed by atoms with Gasteiger partial charge in [-0.3, -0.25) is 14.9 Å². The molecule has 1 amide bonds. The number of fused-ring (bicyclic) bond motifs is 1. The monoisotopic (exact) mass is 291 g/mol. The molecule has 3 rings (SSSR count). The average molecular weight is 291 g/mol. The van der Waals surface area contributed by atoms with E-state index in [1.807, 2.05) is 0 Å². The third-order valence-electron chi connectivity index (χ3n) is 3.14. The minimum Gasteiger partial charge on any atom is -0.347 e. The summed E-state index contributed by atoms with van der Waals surface area (Å²) in [5.41, 5.74) is 2.30. The summed E-state index contributed by atoms with van der Waals surface area (Å²) in [4.78, 5) is 34.6. The van der Waals surface area contributed by atoms with Crippen molar-refractivity contribution in [3.63, 3.8) is 0 Å². The highest BCUT2D eigenvalue weighted by Gasteiger charge is 2.26. The van der Waals surface area contributed by atoms with Gasteiger partial charge in [0.1, 0.15) is 5.69 Å². The molecule has 3 N–H and O–H groups in total. The molecule has 20 heavy (non-hydrogen) atoms. The number of H-pyrrole nitrogens is 1. The summed E-state index contributed by atoms with van der Waals surface area (Å²) in [6, 6.07) is -0.338. The number of hydrogen-bond donors (Lipinski definition) is 3. The molecule has 7 nitrogen and oxygen atoms in total. The third-order valence-corrected chi connectivity index (χ3v) is 3.90. The van der Waals surface area contributed by atoms with E-state index in [4.69, 9.17) is 0 Å². The molecule has 0 bridgehead atoms. The molecule has 1 unspecified atom stereocenters. The second kappa shape index (κ2) is 5.14. The fourth-order valence-electron chi connectivity index (χ4n) is 2.04. The molecule has 2 aromatic rings. The Kier molecular flexibility index (Phi) is 3.33. The quantitative estimate of drug-likeness (QED) is 0.724. The largest absolute Gasteiger partial charge is 0.347 e. The molecule has 3 heterocycles. The van der Waals surface area contributed by atoms with Gasteiger partial charge < -0.3 is 10.3 Å². The van der Waals surface area contributed by atoms with Crippen LogP contribution in [0.3, 0.4) is 0 Å². The van der Waals surface area contributed by atoms with Gasteiger partial charge in [0.25, 0.3) is 0 Å². The van der Waals surface area contributed by atoms with E-state index in [2.05, 4.69) is 25.6 Å². The van der Waals surface area contributed by atoms with Crippen molar-refractivity contribution in [3.8, 4) is 0 Å². The van der Waals surface area contributed by atoms with Crippen LogP contribution in [0.2, 0.25) is 0 Å². The smallest absolute Gasteiger partial charge is 0.243 e. The molecule has 0 aliphatic carbocycles. The number of hydrogen-bond acceptors (Lipinski definition) is 6. The predicted octanol–water partition coefficient (Wildman–Crippen LogP) is 0.722. The van der Waals surface area contributed by atoms with Crippen molar-refractivity contribution in [2.75, 3.05) is 5.32 Å². The molecule has 1 atom stereocenters. The van der Waals surface area contributed by atoms with E-state index in [9.17, 15) is 9.59 Å². The van der Waals surface area contributed by atoms with Crippen molar-refractivity contribution >= 4 is 28.2 Å². The van der Waals surface area contributed by atoms with Gasteiger partial charge in [-0.15, -0.1) is 11.3 Å². The van der Waals surface area contributed by atoms with Crippen molar-refractivity contribution in [2.24, 2.45) is 0 Å². The first-order valence-corrected chi connectivity index (χ1v) is 7.03. The Bertz CT molecular complexity index is 662. The Morgan fingerprint density at radius 3 is 3.10 bits per heavy atom. The number of carbonyl (C=O) groups is 2. The van der Waals surface area contributed by atoms with Crippen molar-refractivity contribution < 1.29 is 9.59 Å². The second-order valence-electron chi connectivity index (χ2n) is 4.55. The Morgan fingerprint density at radius 1 is 1.50 bits per heavy atom. The third kappa shape index (κ3) is 2.47. The van der Waals surface area contributed by atoms with Crippen LogP contribution in [0.25, 0.3) is 0 Å². The van der Waals surface area contributed by atoms with Gasteiger partial charge in [-0.1, -0.05) is 0 Å². The number of carbonyl (C=O) groups excluding carboxylic acids is 2. The summed E-state index contributed by atoms with van der Waals surface area (Å²) in [5.74, 6) is -0.276. The fraction of sp³-hybridized carbons (Fsp3) is 0.333. The van der Waals surface area contributed by atoms with E-state index in [1.54, 1.807) is 11.7 Å². The molecule has 0 aromatic carbocycles. The standard InChI is InChI=1S/C12H13N5O2S/c1-6(18)10-4-20-12(16-10)17-11(19)8-2-7-9(3-13-8)15-5-14-7/h4-5,8,13H,2-3H2,1H3,(H,14,15)(H,16,17,19). The van der Waals surface area contributed by atoms with Crippen LogP contribution in [0.5, 0.6) is 0 Å². The lowest BCUT2D eigenvalue weighted by Gasteiger charge is -2.21. The van der Waals surface area contributed by atoms with Gasteiger partial charge in [0.2, 0.25) is 5.91 Å². The number of Topliss-reactive ketones (excluding diaryl/α,β-unsaturated/α-hetero) is 1. The van der Waals surface area contributed by atoms with Crippen molar-refractivity contribution in [2.45, 2.75) is 25.9 Å². The highest BCUT2D eigenvalue weighted by atomic mass is 32.1. The molecule has 1 aliphatic rings. The van der Waals surface area contributed by atoms with E-state index >= 15 is 0 Å². The first-order valence-electron chi connectivity index (χ1n) is 6.15. The normalized spacial score (nSPS) is 17.6. The molecule has 0 saturated heterocycles. The van der Waals surface area contributed by atoms with Crippen molar-refractivity contribution in [3.05, 3.63) is 28.8 Å². The van der Waals surface area contributed by atoms with E-state index in [0.29, 0.717) is 23.8 Å². The van der Waals surface area contributed by atoms with Gasteiger partial charge in [0.15, 0.2) is 10.9 Å². The Morgan fingerprint density at radius 2 is 2.35 bits per heavy atom. The zero-order valence-electron chi connectivity index (χ0n) is 10.8. The number of imidazole rings is 1. The van der Waals surface area contributed by atoms with Crippen LogP contribution in [-0.4, -0.2) is 32.7 Å². The molecule has 104 valence electrons. The molecular weight excluding hydrogens is 278 g/mol.